The summed E-state index contributed by atoms with van der Waals surface area (Å²) in [5, 5.41) is 9.66. The van der Waals surface area contributed by atoms with Crippen molar-refractivity contribution in [3.05, 3.63) is 0 Å². The standard InChI is InChI=1S/C8H15IO/c1-6-5-8(2,10)4-3-7(6)9/h6-7,10H,3-5H2,1-2H3/t6-,7-,8-/m1/s1. The fraction of sp³-hybridized carbons (Fsp3) is 1.00. The second-order valence-corrected chi connectivity index (χ2v) is 5.33. The van der Waals surface area contributed by atoms with Crippen LogP contribution in [0.3, 0.4) is 0 Å². The predicted octanol–water partition coefficient (Wildman–Crippen LogP) is 2.36. The Labute approximate surface area is 76.3 Å². The highest BCUT2D eigenvalue weighted by Crippen LogP contribution is 2.35. The van der Waals surface area contributed by atoms with Crippen molar-refractivity contribution in [1.82, 2.24) is 0 Å². The lowest BCUT2D eigenvalue weighted by atomic mass is 9.80. The van der Waals surface area contributed by atoms with Gasteiger partial charge in [0.2, 0.25) is 0 Å². The van der Waals surface area contributed by atoms with E-state index in [-0.39, 0.29) is 5.60 Å². The SMILES string of the molecule is C[C@@H]1C[C@](C)(O)CC[C@H]1I. The Morgan fingerprint density at radius 1 is 1.60 bits per heavy atom. The summed E-state index contributed by atoms with van der Waals surface area (Å²) in [4.78, 5) is 0. The third-order valence-corrected chi connectivity index (χ3v) is 4.19. The lowest BCUT2D eigenvalue weighted by Crippen LogP contribution is -2.35. The smallest absolute Gasteiger partial charge is 0.0623 e. The van der Waals surface area contributed by atoms with Crippen LogP contribution in [0, 0.1) is 5.92 Å². The van der Waals surface area contributed by atoms with Gasteiger partial charge >= 0.3 is 0 Å². The molecule has 0 aliphatic heterocycles. The van der Waals surface area contributed by atoms with E-state index in [0.29, 0.717) is 5.92 Å². The lowest BCUT2D eigenvalue weighted by molar-refractivity contribution is 0.00828. The molecule has 1 saturated carbocycles. The van der Waals surface area contributed by atoms with E-state index in [1.165, 1.54) is 6.42 Å². The first-order valence-corrected chi connectivity index (χ1v) is 5.12. The molecule has 1 N–H and O–H groups in total. The molecule has 0 unspecified atom stereocenters. The summed E-state index contributed by atoms with van der Waals surface area (Å²) in [5.41, 5.74) is -0.374. The van der Waals surface area contributed by atoms with Gasteiger partial charge in [-0.2, -0.15) is 0 Å². The van der Waals surface area contributed by atoms with Gasteiger partial charge in [-0.3, -0.25) is 0 Å². The summed E-state index contributed by atoms with van der Waals surface area (Å²) in [6, 6.07) is 0. The minimum atomic E-state index is -0.374. The average Bonchev–Trinajstić information content (AvgIpc) is 1.79. The maximum absolute atomic E-state index is 9.66. The summed E-state index contributed by atoms with van der Waals surface area (Å²) in [7, 11) is 0. The second kappa shape index (κ2) is 2.97. The number of alkyl halides is 1. The Hall–Kier alpha value is 0.690. The van der Waals surface area contributed by atoms with Crippen molar-refractivity contribution in [3.63, 3.8) is 0 Å². The average molecular weight is 254 g/mol. The molecular formula is C8H15IO. The van der Waals surface area contributed by atoms with Gasteiger partial charge in [-0.15, -0.1) is 0 Å². The Kier molecular flexibility index (Phi) is 2.61. The van der Waals surface area contributed by atoms with Crippen molar-refractivity contribution < 1.29 is 5.11 Å². The summed E-state index contributed by atoms with van der Waals surface area (Å²) in [6.07, 6.45) is 3.13. The normalized spacial score (nSPS) is 49.2. The third kappa shape index (κ3) is 2.09. The van der Waals surface area contributed by atoms with Gasteiger partial charge in [-0.25, -0.2) is 0 Å². The quantitative estimate of drug-likeness (QED) is 0.519. The van der Waals surface area contributed by atoms with E-state index in [2.05, 4.69) is 29.5 Å². The minimum Gasteiger partial charge on any atom is -0.390 e. The fourth-order valence-corrected chi connectivity index (χ4v) is 2.22. The summed E-state index contributed by atoms with van der Waals surface area (Å²) in [6.45, 7) is 4.18. The van der Waals surface area contributed by atoms with E-state index in [4.69, 9.17) is 0 Å². The van der Waals surface area contributed by atoms with E-state index >= 15 is 0 Å². The van der Waals surface area contributed by atoms with Crippen LogP contribution in [0.2, 0.25) is 0 Å². The molecular weight excluding hydrogens is 239 g/mol. The number of rotatable bonds is 0. The van der Waals surface area contributed by atoms with Crippen molar-refractivity contribution >= 4 is 22.6 Å². The molecule has 2 heteroatoms. The molecule has 1 rings (SSSR count). The van der Waals surface area contributed by atoms with Gasteiger partial charge in [0.1, 0.15) is 0 Å². The van der Waals surface area contributed by atoms with E-state index in [9.17, 15) is 5.11 Å². The van der Waals surface area contributed by atoms with Gasteiger partial charge in [0, 0.05) is 3.92 Å². The summed E-state index contributed by atoms with van der Waals surface area (Å²) < 4.78 is 0.776. The highest BCUT2D eigenvalue weighted by atomic mass is 127. The van der Waals surface area contributed by atoms with Crippen molar-refractivity contribution in [2.75, 3.05) is 0 Å². The lowest BCUT2D eigenvalue weighted by Gasteiger charge is -2.35. The number of halogens is 1. The molecule has 0 amide bonds. The van der Waals surface area contributed by atoms with Crippen LogP contribution >= 0.6 is 22.6 Å². The summed E-state index contributed by atoms with van der Waals surface area (Å²) in [5.74, 6) is 0.685. The predicted molar refractivity (Wildman–Crippen MR) is 51.4 cm³/mol. The molecule has 0 saturated heterocycles. The number of hydrogen-bond acceptors (Lipinski definition) is 1. The molecule has 0 radical (unpaired) electrons. The molecule has 1 fully saturated rings. The molecule has 1 nitrogen and oxygen atoms in total. The highest BCUT2D eigenvalue weighted by molar-refractivity contribution is 14.1. The zero-order chi connectivity index (χ0) is 7.78. The van der Waals surface area contributed by atoms with Crippen LogP contribution in [0.25, 0.3) is 0 Å². The van der Waals surface area contributed by atoms with Crippen LogP contribution in [0.15, 0.2) is 0 Å². The Morgan fingerprint density at radius 2 is 2.20 bits per heavy atom. The van der Waals surface area contributed by atoms with Crippen molar-refractivity contribution in [3.8, 4) is 0 Å². The number of aliphatic hydroxyl groups is 1. The molecule has 0 bridgehead atoms. The Balaban J connectivity index is 2.49. The summed E-state index contributed by atoms with van der Waals surface area (Å²) >= 11 is 2.49. The van der Waals surface area contributed by atoms with Crippen molar-refractivity contribution in [1.29, 1.82) is 0 Å². The highest BCUT2D eigenvalue weighted by Gasteiger charge is 2.32. The van der Waals surface area contributed by atoms with E-state index in [1.807, 2.05) is 6.92 Å². The molecule has 0 heterocycles. The maximum atomic E-state index is 9.66. The molecule has 1 aliphatic carbocycles. The van der Waals surface area contributed by atoms with Gasteiger partial charge in [-0.05, 0) is 32.1 Å². The monoisotopic (exact) mass is 254 g/mol. The maximum Gasteiger partial charge on any atom is 0.0623 e. The van der Waals surface area contributed by atoms with E-state index in [0.717, 1.165) is 16.8 Å². The Bertz CT molecular complexity index is 122. The Morgan fingerprint density at radius 3 is 2.60 bits per heavy atom. The van der Waals surface area contributed by atoms with Gasteiger partial charge < -0.3 is 5.11 Å². The first-order valence-electron chi connectivity index (χ1n) is 3.88. The molecule has 0 aromatic carbocycles. The van der Waals surface area contributed by atoms with Crippen LogP contribution in [0.5, 0.6) is 0 Å². The zero-order valence-corrected chi connectivity index (χ0v) is 8.76. The van der Waals surface area contributed by atoms with Gasteiger partial charge in [-0.1, -0.05) is 29.5 Å². The topological polar surface area (TPSA) is 20.2 Å². The van der Waals surface area contributed by atoms with Crippen LogP contribution in [-0.4, -0.2) is 14.6 Å². The van der Waals surface area contributed by atoms with Crippen LogP contribution in [0.1, 0.15) is 33.1 Å². The van der Waals surface area contributed by atoms with E-state index in [1.54, 1.807) is 0 Å². The van der Waals surface area contributed by atoms with Crippen molar-refractivity contribution in [2.24, 2.45) is 5.92 Å². The van der Waals surface area contributed by atoms with Gasteiger partial charge in [0.05, 0.1) is 5.60 Å². The molecule has 0 spiro atoms. The second-order valence-electron chi connectivity index (χ2n) is 3.73. The van der Waals surface area contributed by atoms with Crippen molar-refractivity contribution in [2.45, 2.75) is 42.6 Å². The molecule has 10 heavy (non-hydrogen) atoms. The minimum absolute atomic E-state index is 0.374. The first kappa shape index (κ1) is 8.78. The molecule has 3 atom stereocenters. The fourth-order valence-electron chi connectivity index (χ4n) is 1.66. The van der Waals surface area contributed by atoms with E-state index < -0.39 is 0 Å². The van der Waals surface area contributed by atoms with Crippen LogP contribution in [-0.2, 0) is 0 Å². The van der Waals surface area contributed by atoms with Gasteiger partial charge in [0.15, 0.2) is 0 Å². The third-order valence-electron chi connectivity index (χ3n) is 2.34. The molecule has 0 aromatic rings. The van der Waals surface area contributed by atoms with Gasteiger partial charge in [0.25, 0.3) is 0 Å². The zero-order valence-electron chi connectivity index (χ0n) is 6.60. The molecule has 0 aromatic heterocycles. The van der Waals surface area contributed by atoms with Crippen LogP contribution < -0.4 is 0 Å². The molecule has 60 valence electrons. The molecule has 1 aliphatic rings. The van der Waals surface area contributed by atoms with Crippen LogP contribution in [0.4, 0.5) is 0 Å². The largest absolute Gasteiger partial charge is 0.390 e. The number of hydrogen-bond donors (Lipinski definition) is 1. The first-order chi connectivity index (χ1) is 4.51.